The predicted octanol–water partition coefficient (Wildman–Crippen LogP) is 1.45. The van der Waals surface area contributed by atoms with Crippen LogP contribution in [-0.4, -0.2) is 32.4 Å². The maximum atomic E-state index is 11.4. The zero-order valence-corrected chi connectivity index (χ0v) is 12.3. The van der Waals surface area contributed by atoms with Crippen molar-refractivity contribution in [2.45, 2.75) is 32.7 Å². The molecule has 0 amide bonds. The SMILES string of the molecule is CO[Si](C)(C)OS(=O)(=O)O[Si](C)(C)C. The summed E-state index contributed by atoms with van der Waals surface area (Å²) >= 11 is 0. The Morgan fingerprint density at radius 3 is 1.64 bits per heavy atom. The fourth-order valence-corrected chi connectivity index (χ4v) is 5.73. The lowest BCUT2D eigenvalue weighted by Gasteiger charge is -2.22. The average Bonchev–Trinajstić information content (AvgIpc) is 1.78. The summed E-state index contributed by atoms with van der Waals surface area (Å²) < 4.78 is 37.5. The second-order valence-corrected chi connectivity index (χ2v) is 13.9. The van der Waals surface area contributed by atoms with Crippen molar-refractivity contribution in [2.75, 3.05) is 7.11 Å². The first-order valence-corrected chi connectivity index (χ1v) is 11.7. The molecule has 0 radical (unpaired) electrons. The van der Waals surface area contributed by atoms with Crippen molar-refractivity contribution < 1.29 is 20.6 Å². The monoisotopic (exact) mass is 258 g/mol. The smallest absolute Gasteiger partial charge is 0.382 e. The van der Waals surface area contributed by atoms with Crippen LogP contribution >= 0.6 is 0 Å². The Labute approximate surface area is 88.1 Å². The molecule has 0 aromatic rings. The van der Waals surface area contributed by atoms with Crippen LogP contribution in [0.25, 0.3) is 0 Å². The predicted molar refractivity (Wildman–Crippen MR) is 58.9 cm³/mol. The molecule has 8 heteroatoms. The Bertz CT molecular complexity index is 279. The summed E-state index contributed by atoms with van der Waals surface area (Å²) in [5, 5.41) is 0. The first-order valence-electron chi connectivity index (χ1n) is 4.19. The lowest BCUT2D eigenvalue weighted by atomic mass is 11.8. The van der Waals surface area contributed by atoms with E-state index >= 15 is 0 Å². The molecule has 0 unspecified atom stereocenters. The molecule has 0 bridgehead atoms. The average molecular weight is 258 g/mol. The van der Waals surface area contributed by atoms with E-state index in [1.807, 2.05) is 0 Å². The van der Waals surface area contributed by atoms with Crippen molar-refractivity contribution in [3.8, 4) is 0 Å². The molecule has 0 spiro atoms. The van der Waals surface area contributed by atoms with Gasteiger partial charge in [-0.05, 0) is 32.7 Å². The van der Waals surface area contributed by atoms with Crippen molar-refractivity contribution >= 4 is 27.3 Å². The molecule has 0 aliphatic rings. The standard InChI is InChI=1S/C6H18O5SSi2/c1-9-14(5,6)11-12(7,8)10-13(2,3)4/h1-6H3. The van der Waals surface area contributed by atoms with Gasteiger partial charge in [-0.15, -0.1) is 0 Å². The fraction of sp³-hybridized carbons (Fsp3) is 1.00. The van der Waals surface area contributed by atoms with Crippen LogP contribution in [0, 0.1) is 0 Å². The van der Waals surface area contributed by atoms with Gasteiger partial charge in [0.15, 0.2) is 0 Å². The first-order chi connectivity index (χ1) is 5.97. The van der Waals surface area contributed by atoms with Gasteiger partial charge in [0.25, 0.3) is 0 Å². The molecule has 86 valence electrons. The second-order valence-electron chi connectivity index (χ2n) is 4.29. The minimum absolute atomic E-state index is 1.43. The molecule has 0 rings (SSSR count). The molecule has 0 N–H and O–H groups in total. The zero-order valence-electron chi connectivity index (χ0n) is 9.45. The molecule has 0 aliphatic heterocycles. The highest BCUT2D eigenvalue weighted by atomic mass is 32.3. The van der Waals surface area contributed by atoms with Gasteiger partial charge in [-0.25, -0.2) is 0 Å². The third-order valence-corrected chi connectivity index (χ3v) is 7.37. The molecule has 0 atom stereocenters. The van der Waals surface area contributed by atoms with E-state index in [-0.39, 0.29) is 0 Å². The zero-order chi connectivity index (χ0) is 11.6. The van der Waals surface area contributed by atoms with E-state index in [4.69, 9.17) is 12.2 Å². The molecule has 0 aliphatic carbocycles. The van der Waals surface area contributed by atoms with E-state index in [1.54, 1.807) is 32.7 Å². The van der Waals surface area contributed by atoms with Crippen LogP contribution in [0.4, 0.5) is 0 Å². The van der Waals surface area contributed by atoms with Gasteiger partial charge in [-0.3, -0.25) is 7.74 Å². The van der Waals surface area contributed by atoms with Crippen LogP contribution in [0.1, 0.15) is 0 Å². The lowest BCUT2D eigenvalue weighted by Crippen LogP contribution is -2.40. The second kappa shape index (κ2) is 4.41. The molecule has 0 saturated heterocycles. The van der Waals surface area contributed by atoms with E-state index in [0.717, 1.165) is 0 Å². The van der Waals surface area contributed by atoms with Crippen LogP contribution < -0.4 is 0 Å². The van der Waals surface area contributed by atoms with E-state index in [0.29, 0.717) is 0 Å². The van der Waals surface area contributed by atoms with Crippen molar-refractivity contribution in [1.82, 2.24) is 0 Å². The molecular weight excluding hydrogens is 240 g/mol. The summed E-state index contributed by atoms with van der Waals surface area (Å²) in [6.45, 7) is 8.59. The normalized spacial score (nSPS) is 14.4. The van der Waals surface area contributed by atoms with Gasteiger partial charge in [-0.2, -0.15) is 8.42 Å². The van der Waals surface area contributed by atoms with Crippen LogP contribution in [-0.2, 0) is 22.6 Å². The topological polar surface area (TPSA) is 61.8 Å². The van der Waals surface area contributed by atoms with Gasteiger partial charge < -0.3 is 4.43 Å². The molecule has 0 fully saturated rings. The van der Waals surface area contributed by atoms with Crippen molar-refractivity contribution in [3.63, 3.8) is 0 Å². The van der Waals surface area contributed by atoms with Gasteiger partial charge >= 0.3 is 19.0 Å². The fourth-order valence-electron chi connectivity index (χ4n) is 0.603. The third kappa shape index (κ3) is 6.68. The summed E-state index contributed by atoms with van der Waals surface area (Å²) in [5.74, 6) is 0. The lowest BCUT2D eigenvalue weighted by molar-refractivity contribution is 0.292. The molecule has 0 aromatic carbocycles. The summed E-state index contributed by atoms with van der Waals surface area (Å²) in [6.07, 6.45) is 0. The van der Waals surface area contributed by atoms with Crippen LogP contribution in [0.2, 0.25) is 32.7 Å². The van der Waals surface area contributed by atoms with Crippen molar-refractivity contribution in [3.05, 3.63) is 0 Å². The summed E-state index contributed by atoms with van der Waals surface area (Å²) in [6, 6.07) is 0. The third-order valence-electron chi connectivity index (χ3n) is 1.15. The quantitative estimate of drug-likeness (QED) is 0.698. The van der Waals surface area contributed by atoms with Gasteiger partial charge in [-0.1, -0.05) is 0 Å². The number of rotatable bonds is 5. The Hall–Kier alpha value is 0.264. The van der Waals surface area contributed by atoms with E-state index in [9.17, 15) is 8.42 Å². The molecule has 5 nitrogen and oxygen atoms in total. The van der Waals surface area contributed by atoms with E-state index in [1.165, 1.54) is 7.11 Å². The van der Waals surface area contributed by atoms with E-state index < -0.39 is 27.3 Å². The number of hydrogen-bond donors (Lipinski definition) is 0. The molecule has 0 heterocycles. The van der Waals surface area contributed by atoms with Gasteiger partial charge in [0.2, 0.25) is 8.32 Å². The summed E-state index contributed by atoms with van der Waals surface area (Å²) in [5.41, 5.74) is 0. The minimum atomic E-state index is -3.91. The highest BCUT2D eigenvalue weighted by Crippen LogP contribution is 2.15. The number of hydrogen-bond acceptors (Lipinski definition) is 5. The Morgan fingerprint density at radius 1 is 0.929 bits per heavy atom. The van der Waals surface area contributed by atoms with Gasteiger partial charge in [0.1, 0.15) is 0 Å². The maximum absolute atomic E-state index is 11.4. The highest BCUT2D eigenvalue weighted by molar-refractivity contribution is 7.84. The Morgan fingerprint density at radius 2 is 1.36 bits per heavy atom. The summed E-state index contributed by atoms with van der Waals surface area (Å²) in [7, 11) is -7.24. The van der Waals surface area contributed by atoms with Gasteiger partial charge in [0.05, 0.1) is 0 Å². The van der Waals surface area contributed by atoms with Gasteiger partial charge in [0, 0.05) is 7.11 Å². The molecule has 14 heavy (non-hydrogen) atoms. The van der Waals surface area contributed by atoms with Crippen LogP contribution in [0.3, 0.4) is 0 Å². The highest BCUT2D eigenvalue weighted by Gasteiger charge is 2.34. The minimum Gasteiger partial charge on any atom is -0.397 e. The Balaban J connectivity index is 4.53. The molecule has 0 saturated carbocycles. The maximum Gasteiger partial charge on any atom is 0.382 e. The van der Waals surface area contributed by atoms with Crippen LogP contribution in [0.15, 0.2) is 0 Å². The first kappa shape index (κ1) is 14.3. The summed E-state index contributed by atoms with van der Waals surface area (Å²) in [4.78, 5) is 0. The Kier molecular flexibility index (Phi) is 4.50. The van der Waals surface area contributed by atoms with Crippen molar-refractivity contribution in [1.29, 1.82) is 0 Å². The van der Waals surface area contributed by atoms with Crippen LogP contribution in [0.5, 0.6) is 0 Å². The molecule has 0 aromatic heterocycles. The van der Waals surface area contributed by atoms with Crippen molar-refractivity contribution in [2.24, 2.45) is 0 Å². The van der Waals surface area contributed by atoms with E-state index in [2.05, 4.69) is 0 Å². The largest absolute Gasteiger partial charge is 0.397 e. The molecular formula is C6H18O5SSi2.